The highest BCUT2D eigenvalue weighted by Crippen LogP contribution is 2.45. The van der Waals surface area contributed by atoms with Gasteiger partial charge in [-0.1, -0.05) is 48.4 Å². The molecular weight excluding hydrogens is 428 g/mol. The minimum Gasteiger partial charge on any atom is -0.336 e. The average molecular weight is 463 g/mol. The van der Waals surface area contributed by atoms with Crippen molar-refractivity contribution in [3.05, 3.63) is 47.5 Å². The Bertz CT molecular complexity index is 1010. The van der Waals surface area contributed by atoms with Gasteiger partial charge in [-0.05, 0) is 56.0 Å². The number of piperidine rings is 3. The topological polar surface area (TPSA) is 73.0 Å². The van der Waals surface area contributed by atoms with E-state index >= 15 is 0 Å². The van der Waals surface area contributed by atoms with Gasteiger partial charge < -0.3 is 10.2 Å². The highest BCUT2D eigenvalue weighted by Gasteiger charge is 2.48. The molecule has 5 atom stereocenters. The SMILES string of the molecule is O=C1NC(CC(=O)N2CCCC3=CC4CC(CN5CCCCC45)C32)C(=O)N1Cc1ccccc1. The van der Waals surface area contributed by atoms with Gasteiger partial charge in [0.15, 0.2) is 0 Å². The van der Waals surface area contributed by atoms with Gasteiger partial charge >= 0.3 is 6.03 Å². The smallest absolute Gasteiger partial charge is 0.325 e. The highest BCUT2D eigenvalue weighted by atomic mass is 16.2. The van der Waals surface area contributed by atoms with E-state index in [1.807, 2.05) is 35.2 Å². The molecule has 7 heteroatoms. The minimum absolute atomic E-state index is 0.00460. The first-order chi connectivity index (χ1) is 16.6. The van der Waals surface area contributed by atoms with Gasteiger partial charge in [-0.3, -0.25) is 19.4 Å². The van der Waals surface area contributed by atoms with Crippen LogP contribution in [-0.4, -0.2) is 70.3 Å². The lowest BCUT2D eigenvalue weighted by molar-refractivity contribution is -0.139. The van der Waals surface area contributed by atoms with E-state index in [1.165, 1.54) is 42.7 Å². The molecule has 0 radical (unpaired) electrons. The van der Waals surface area contributed by atoms with Crippen molar-refractivity contribution < 1.29 is 14.4 Å². The summed E-state index contributed by atoms with van der Waals surface area (Å²) in [6.45, 7) is 3.24. The van der Waals surface area contributed by atoms with E-state index in [4.69, 9.17) is 0 Å². The summed E-state index contributed by atoms with van der Waals surface area (Å²) in [5.41, 5.74) is 2.34. The van der Waals surface area contributed by atoms with E-state index in [1.54, 1.807) is 0 Å². The molecule has 1 aromatic rings. The quantitative estimate of drug-likeness (QED) is 0.552. The van der Waals surface area contributed by atoms with Crippen molar-refractivity contribution in [1.82, 2.24) is 20.0 Å². The maximum Gasteiger partial charge on any atom is 0.325 e. The number of benzene rings is 1. The van der Waals surface area contributed by atoms with E-state index in [9.17, 15) is 14.4 Å². The molecule has 1 aliphatic carbocycles. The van der Waals surface area contributed by atoms with Crippen LogP contribution in [0.15, 0.2) is 42.0 Å². The molecule has 0 saturated carbocycles. The van der Waals surface area contributed by atoms with Crippen LogP contribution in [0.2, 0.25) is 0 Å². The number of carbonyl (C=O) groups is 3. The van der Waals surface area contributed by atoms with Crippen LogP contribution in [-0.2, 0) is 16.1 Å². The van der Waals surface area contributed by atoms with Gasteiger partial charge in [0.2, 0.25) is 5.91 Å². The Morgan fingerprint density at radius 3 is 2.76 bits per heavy atom. The zero-order valence-corrected chi connectivity index (χ0v) is 19.7. The van der Waals surface area contributed by atoms with Gasteiger partial charge in [0, 0.05) is 19.1 Å². The van der Waals surface area contributed by atoms with E-state index in [-0.39, 0.29) is 30.8 Å². The van der Waals surface area contributed by atoms with Crippen molar-refractivity contribution >= 4 is 17.8 Å². The third-order valence-electron chi connectivity index (χ3n) is 8.65. The summed E-state index contributed by atoms with van der Waals surface area (Å²) in [5, 5.41) is 2.76. The first-order valence-corrected chi connectivity index (χ1v) is 13.0. The Labute approximate surface area is 201 Å². The summed E-state index contributed by atoms with van der Waals surface area (Å²) in [4.78, 5) is 45.0. The Balaban J connectivity index is 1.16. The number of amides is 4. The summed E-state index contributed by atoms with van der Waals surface area (Å²) in [5.74, 6) is 0.803. The maximum absolute atomic E-state index is 13.5. The number of hydrogen-bond donors (Lipinski definition) is 1. The fourth-order valence-corrected chi connectivity index (χ4v) is 7.18. The Morgan fingerprint density at radius 1 is 1.06 bits per heavy atom. The van der Waals surface area contributed by atoms with Crippen LogP contribution >= 0.6 is 0 Å². The average Bonchev–Trinajstić information content (AvgIpc) is 3.11. The lowest BCUT2D eigenvalue weighted by Gasteiger charge is -2.54. The predicted molar refractivity (Wildman–Crippen MR) is 128 cm³/mol. The van der Waals surface area contributed by atoms with Crippen LogP contribution in [0.3, 0.4) is 0 Å². The van der Waals surface area contributed by atoms with E-state index in [0.29, 0.717) is 17.9 Å². The number of fused-ring (bicyclic) bond motifs is 6. The van der Waals surface area contributed by atoms with Crippen LogP contribution < -0.4 is 5.32 Å². The number of nitrogens with zero attached hydrogens (tertiary/aromatic N) is 3. The summed E-state index contributed by atoms with van der Waals surface area (Å²) >= 11 is 0. The molecule has 4 fully saturated rings. The molecule has 0 aromatic heterocycles. The molecule has 4 heterocycles. The molecule has 6 rings (SSSR count). The molecule has 0 spiro atoms. The van der Waals surface area contributed by atoms with Crippen molar-refractivity contribution in [1.29, 1.82) is 0 Å². The monoisotopic (exact) mass is 462 g/mol. The molecule has 34 heavy (non-hydrogen) atoms. The molecule has 5 unspecified atom stereocenters. The van der Waals surface area contributed by atoms with Crippen molar-refractivity contribution in [2.24, 2.45) is 11.8 Å². The third kappa shape index (κ3) is 3.84. The van der Waals surface area contributed by atoms with Crippen molar-refractivity contribution in [2.75, 3.05) is 19.6 Å². The van der Waals surface area contributed by atoms with Gasteiger partial charge in [0.25, 0.3) is 5.91 Å². The molecule has 1 aromatic carbocycles. The lowest BCUT2D eigenvalue weighted by Crippen LogP contribution is -2.60. The first-order valence-electron chi connectivity index (χ1n) is 13.0. The Morgan fingerprint density at radius 2 is 1.91 bits per heavy atom. The van der Waals surface area contributed by atoms with Crippen molar-refractivity contribution in [2.45, 2.75) is 69.6 Å². The molecule has 1 N–H and O–H groups in total. The second-order valence-corrected chi connectivity index (χ2v) is 10.7. The molecule has 2 bridgehead atoms. The molecule has 5 aliphatic rings. The Kier molecular flexibility index (Phi) is 5.68. The molecule has 4 saturated heterocycles. The van der Waals surface area contributed by atoms with Crippen LogP contribution in [0.1, 0.15) is 50.5 Å². The van der Waals surface area contributed by atoms with Crippen molar-refractivity contribution in [3.63, 3.8) is 0 Å². The zero-order valence-electron chi connectivity index (χ0n) is 19.7. The Hall–Kier alpha value is -2.67. The van der Waals surface area contributed by atoms with Crippen LogP contribution in [0.4, 0.5) is 4.79 Å². The van der Waals surface area contributed by atoms with Gasteiger partial charge in [0.1, 0.15) is 6.04 Å². The molecule has 4 amide bonds. The number of urea groups is 1. The fraction of sp³-hybridized carbons (Fsp3) is 0.593. The summed E-state index contributed by atoms with van der Waals surface area (Å²) in [6, 6.07) is 9.15. The van der Waals surface area contributed by atoms with E-state index in [2.05, 4.69) is 16.3 Å². The normalized spacial score (nSPS) is 33.2. The van der Waals surface area contributed by atoms with Crippen molar-refractivity contribution in [3.8, 4) is 0 Å². The number of nitrogens with one attached hydrogen (secondary N) is 1. The number of rotatable bonds is 4. The minimum atomic E-state index is -0.771. The van der Waals surface area contributed by atoms with Gasteiger partial charge in [-0.25, -0.2) is 4.79 Å². The van der Waals surface area contributed by atoms with E-state index < -0.39 is 12.1 Å². The number of carbonyl (C=O) groups excluding carboxylic acids is 3. The maximum atomic E-state index is 13.5. The molecular formula is C27H34N4O3. The van der Waals surface area contributed by atoms with Gasteiger partial charge in [0.05, 0.1) is 19.0 Å². The third-order valence-corrected chi connectivity index (χ3v) is 8.65. The second-order valence-electron chi connectivity index (χ2n) is 10.7. The van der Waals surface area contributed by atoms with Crippen LogP contribution in [0, 0.1) is 11.8 Å². The number of likely N-dealkylation sites (tertiary alicyclic amines) is 1. The zero-order chi connectivity index (χ0) is 23.2. The standard InChI is InChI=1S/C27H34N4O3/c32-24(15-22-26(33)31(27(34)28-22)16-18-7-2-1-3-8-18)30-12-6-9-19-13-20-14-21(25(19)30)17-29-11-5-4-10-23(20)29/h1-3,7-8,13,20-23,25H,4-6,9-12,14-17H2,(H,28,34). The first kappa shape index (κ1) is 21.8. The highest BCUT2D eigenvalue weighted by molar-refractivity contribution is 6.05. The molecule has 180 valence electrons. The largest absolute Gasteiger partial charge is 0.336 e. The van der Waals surface area contributed by atoms with Crippen LogP contribution in [0.5, 0.6) is 0 Å². The van der Waals surface area contributed by atoms with E-state index in [0.717, 1.165) is 31.5 Å². The van der Waals surface area contributed by atoms with Gasteiger partial charge in [-0.15, -0.1) is 0 Å². The second kappa shape index (κ2) is 8.84. The summed E-state index contributed by atoms with van der Waals surface area (Å²) < 4.78 is 0. The lowest BCUT2D eigenvalue weighted by atomic mass is 9.68. The predicted octanol–water partition coefficient (Wildman–Crippen LogP) is 2.92. The summed E-state index contributed by atoms with van der Waals surface area (Å²) in [6.07, 6.45) is 9.70. The fourth-order valence-electron chi connectivity index (χ4n) is 7.18. The van der Waals surface area contributed by atoms with Gasteiger partial charge in [-0.2, -0.15) is 0 Å². The molecule has 7 nitrogen and oxygen atoms in total. The molecule has 4 aliphatic heterocycles. The van der Waals surface area contributed by atoms with Crippen LogP contribution in [0.25, 0.3) is 0 Å². The number of imide groups is 1. The number of hydrogen-bond acceptors (Lipinski definition) is 4. The summed E-state index contributed by atoms with van der Waals surface area (Å²) in [7, 11) is 0.